The van der Waals surface area contributed by atoms with Gasteiger partial charge in [0, 0.05) is 21.2 Å². The molecule has 2 N–H and O–H groups in total. The summed E-state index contributed by atoms with van der Waals surface area (Å²) < 4.78 is 40.9. The van der Waals surface area contributed by atoms with E-state index in [1.165, 1.54) is 36.4 Å². The number of carbonyl (C=O) groups is 1. The fourth-order valence-electron chi connectivity index (χ4n) is 3.73. The lowest BCUT2D eigenvalue weighted by molar-refractivity contribution is -0.207. The van der Waals surface area contributed by atoms with Crippen LogP contribution in [-0.2, 0) is 13.1 Å². The van der Waals surface area contributed by atoms with Crippen LogP contribution in [0.15, 0.2) is 71.5 Å². The van der Waals surface area contributed by atoms with Crippen molar-refractivity contribution in [2.45, 2.75) is 25.4 Å². The number of hydrogen-bond acceptors (Lipinski definition) is 4. The van der Waals surface area contributed by atoms with Crippen molar-refractivity contribution < 1.29 is 28.2 Å². The van der Waals surface area contributed by atoms with Gasteiger partial charge in [-0.05, 0) is 59.7 Å². The molecule has 3 aromatic carbocycles. The monoisotopic (exact) mass is 551 g/mol. The molecule has 0 aliphatic rings. The van der Waals surface area contributed by atoms with Crippen molar-refractivity contribution in [1.29, 1.82) is 0 Å². The van der Waals surface area contributed by atoms with E-state index in [2.05, 4.69) is 5.10 Å². The summed E-state index contributed by atoms with van der Waals surface area (Å²) in [4.78, 5) is 24.9. The van der Waals surface area contributed by atoms with Crippen LogP contribution in [0.2, 0.25) is 10.0 Å². The van der Waals surface area contributed by atoms with Gasteiger partial charge in [0.25, 0.3) is 0 Å². The van der Waals surface area contributed by atoms with E-state index in [0.717, 1.165) is 9.25 Å². The fourth-order valence-corrected chi connectivity index (χ4v) is 4.10. The molecule has 0 saturated heterocycles. The highest BCUT2D eigenvalue weighted by molar-refractivity contribution is 6.33. The Morgan fingerprint density at radius 3 is 2.30 bits per heavy atom. The van der Waals surface area contributed by atoms with Crippen LogP contribution >= 0.6 is 23.2 Å². The highest BCUT2D eigenvalue weighted by atomic mass is 35.5. The molecule has 0 unspecified atom stereocenters. The molecule has 1 atom stereocenters. The third kappa shape index (κ3) is 5.87. The van der Waals surface area contributed by atoms with E-state index < -0.39 is 30.5 Å². The van der Waals surface area contributed by atoms with Crippen molar-refractivity contribution in [2.75, 3.05) is 0 Å². The van der Waals surface area contributed by atoms with Crippen LogP contribution in [0, 0.1) is 0 Å². The Balaban J connectivity index is 1.81. The summed E-state index contributed by atoms with van der Waals surface area (Å²) in [5.74, 6) is -1.34. The fraction of sp³-hybridized carbons (Fsp3) is 0.160. The lowest BCUT2D eigenvalue weighted by Gasteiger charge is -2.15. The molecule has 0 saturated carbocycles. The summed E-state index contributed by atoms with van der Waals surface area (Å²) in [5.41, 5.74) is 0.671. The van der Waals surface area contributed by atoms with Crippen molar-refractivity contribution >= 4 is 29.2 Å². The number of aromatic carboxylic acids is 1. The molecular formula is C25H18Cl2F3N3O4. The molecule has 12 heteroatoms. The maximum Gasteiger partial charge on any atom is 0.416 e. The van der Waals surface area contributed by atoms with Crippen LogP contribution in [-0.4, -0.2) is 42.8 Å². The van der Waals surface area contributed by atoms with E-state index in [-0.39, 0.29) is 17.9 Å². The van der Waals surface area contributed by atoms with E-state index in [1.54, 1.807) is 30.3 Å². The summed E-state index contributed by atoms with van der Waals surface area (Å²) in [6, 6.07) is 17.1. The number of alkyl halides is 3. The Kier molecular flexibility index (Phi) is 7.44. The molecule has 0 radical (unpaired) electrons. The Morgan fingerprint density at radius 2 is 1.68 bits per heavy atom. The van der Waals surface area contributed by atoms with Gasteiger partial charge in [-0.25, -0.2) is 14.3 Å². The normalized spacial score (nSPS) is 12.5. The second-order valence-corrected chi connectivity index (χ2v) is 8.99. The van der Waals surface area contributed by atoms with Crippen molar-refractivity contribution in [3.63, 3.8) is 0 Å². The molecule has 0 fully saturated rings. The number of rotatable bonds is 7. The largest absolute Gasteiger partial charge is 0.478 e. The quantitative estimate of drug-likeness (QED) is 0.322. The predicted octanol–water partition coefficient (Wildman–Crippen LogP) is 5.36. The average Bonchev–Trinajstić information content (AvgIpc) is 3.14. The number of halogens is 5. The first-order valence-corrected chi connectivity index (χ1v) is 11.5. The van der Waals surface area contributed by atoms with Gasteiger partial charge < -0.3 is 10.2 Å². The molecule has 0 amide bonds. The first-order valence-electron chi connectivity index (χ1n) is 10.7. The zero-order chi connectivity index (χ0) is 26.9. The number of aromatic nitrogens is 3. The molecule has 37 heavy (non-hydrogen) atoms. The molecule has 0 spiro atoms. The van der Waals surface area contributed by atoms with Gasteiger partial charge in [-0.2, -0.15) is 13.2 Å². The molecule has 0 aliphatic heterocycles. The first kappa shape index (κ1) is 26.5. The smallest absolute Gasteiger partial charge is 0.416 e. The molecule has 4 rings (SSSR count). The van der Waals surface area contributed by atoms with E-state index >= 15 is 0 Å². The van der Waals surface area contributed by atoms with Gasteiger partial charge in [-0.15, -0.1) is 5.10 Å². The summed E-state index contributed by atoms with van der Waals surface area (Å²) in [6.07, 6.45) is -7.77. The molecule has 1 heterocycles. The number of carboxylic acids is 1. The molecule has 0 aliphatic carbocycles. The SMILES string of the molecule is O=C(O)c1cc(Cn2nc(-c3ccc(Cl)cc3)n(C[C@H](O)C(F)(F)F)c2=O)cc(-c2ccccc2Cl)c1. The molecule has 192 valence electrons. The number of benzene rings is 3. The van der Waals surface area contributed by atoms with E-state index in [9.17, 15) is 33.0 Å². The number of hydrogen-bond donors (Lipinski definition) is 2. The maximum absolute atomic E-state index is 13.1. The van der Waals surface area contributed by atoms with E-state index in [0.29, 0.717) is 32.3 Å². The highest BCUT2D eigenvalue weighted by Crippen LogP contribution is 2.30. The van der Waals surface area contributed by atoms with Gasteiger partial charge in [0.2, 0.25) is 0 Å². The minimum absolute atomic E-state index is 0.0784. The summed E-state index contributed by atoms with van der Waals surface area (Å²) >= 11 is 12.2. The van der Waals surface area contributed by atoms with Gasteiger partial charge in [-0.1, -0.05) is 41.4 Å². The Bertz CT molecular complexity index is 1520. The summed E-state index contributed by atoms with van der Waals surface area (Å²) in [5, 5.41) is 24.2. The Labute approximate surface area is 217 Å². The summed E-state index contributed by atoms with van der Waals surface area (Å²) in [7, 11) is 0. The Morgan fingerprint density at radius 1 is 1.00 bits per heavy atom. The minimum Gasteiger partial charge on any atom is -0.478 e. The first-order chi connectivity index (χ1) is 17.4. The third-order valence-electron chi connectivity index (χ3n) is 5.52. The standard InChI is InChI=1S/C25H18Cl2F3N3O4/c26-18-7-5-15(6-8-18)22-31-33(24(37)32(22)13-21(34)25(28,29)30)12-14-9-16(11-17(10-14)23(35)36)19-3-1-2-4-20(19)27/h1-11,21,34H,12-13H2,(H,35,36)/t21-/m0/s1. The van der Waals surface area contributed by atoms with Crippen LogP contribution in [0.5, 0.6) is 0 Å². The number of aliphatic hydroxyl groups is 1. The Hall–Kier alpha value is -3.60. The molecule has 0 bridgehead atoms. The number of carboxylic acid groups (broad SMARTS) is 1. The predicted molar refractivity (Wildman–Crippen MR) is 132 cm³/mol. The van der Waals surface area contributed by atoms with Crippen molar-refractivity contribution in [2.24, 2.45) is 0 Å². The third-order valence-corrected chi connectivity index (χ3v) is 6.10. The second-order valence-electron chi connectivity index (χ2n) is 8.14. The van der Waals surface area contributed by atoms with Crippen molar-refractivity contribution in [1.82, 2.24) is 14.3 Å². The van der Waals surface area contributed by atoms with Crippen LogP contribution in [0.4, 0.5) is 13.2 Å². The number of aliphatic hydroxyl groups excluding tert-OH is 1. The molecular weight excluding hydrogens is 534 g/mol. The average molecular weight is 552 g/mol. The molecule has 1 aromatic heterocycles. The van der Waals surface area contributed by atoms with E-state index in [1.807, 2.05) is 0 Å². The minimum atomic E-state index is -4.96. The molecule has 4 aromatic rings. The molecule has 7 nitrogen and oxygen atoms in total. The number of nitrogens with zero attached hydrogens (tertiary/aromatic N) is 3. The van der Waals surface area contributed by atoms with Gasteiger partial charge in [0.15, 0.2) is 11.9 Å². The zero-order valence-electron chi connectivity index (χ0n) is 18.8. The second kappa shape index (κ2) is 10.4. The van der Waals surface area contributed by atoms with Crippen molar-refractivity contribution in [3.05, 3.63) is 98.4 Å². The van der Waals surface area contributed by atoms with Gasteiger partial charge in [0.05, 0.1) is 18.7 Å². The van der Waals surface area contributed by atoms with Crippen LogP contribution < -0.4 is 5.69 Å². The maximum atomic E-state index is 13.1. The van der Waals surface area contributed by atoms with Gasteiger partial charge in [0.1, 0.15) is 0 Å². The highest BCUT2D eigenvalue weighted by Gasteiger charge is 2.39. The van der Waals surface area contributed by atoms with Crippen LogP contribution in [0.3, 0.4) is 0 Å². The van der Waals surface area contributed by atoms with Crippen molar-refractivity contribution in [3.8, 4) is 22.5 Å². The van der Waals surface area contributed by atoms with Gasteiger partial charge in [-0.3, -0.25) is 4.57 Å². The lowest BCUT2D eigenvalue weighted by atomic mass is 9.99. The van der Waals surface area contributed by atoms with Gasteiger partial charge >= 0.3 is 17.8 Å². The lowest BCUT2D eigenvalue weighted by Crippen LogP contribution is -2.37. The van der Waals surface area contributed by atoms with E-state index in [4.69, 9.17) is 23.2 Å². The van der Waals surface area contributed by atoms with Crippen LogP contribution in [0.25, 0.3) is 22.5 Å². The zero-order valence-corrected chi connectivity index (χ0v) is 20.3. The summed E-state index contributed by atoms with van der Waals surface area (Å²) in [6.45, 7) is -1.34. The topological polar surface area (TPSA) is 97.3 Å². The van der Waals surface area contributed by atoms with Crippen LogP contribution in [0.1, 0.15) is 15.9 Å².